The fourth-order valence-corrected chi connectivity index (χ4v) is 10.6. The smallest absolute Gasteiger partial charge is 0.0238 e. The summed E-state index contributed by atoms with van der Waals surface area (Å²) < 4.78 is 0. The highest BCUT2D eigenvalue weighted by molar-refractivity contribution is 5.15. The van der Waals surface area contributed by atoms with Gasteiger partial charge in [0.05, 0.1) is 0 Å². The zero-order valence-electron chi connectivity index (χ0n) is 21.9. The van der Waals surface area contributed by atoms with Crippen LogP contribution in [-0.2, 0) is 0 Å². The van der Waals surface area contributed by atoms with Crippen molar-refractivity contribution in [1.29, 1.82) is 0 Å². The van der Waals surface area contributed by atoms with Crippen LogP contribution in [0.2, 0.25) is 0 Å². The van der Waals surface area contributed by atoms with Crippen molar-refractivity contribution >= 4 is 0 Å². The molecule has 0 aromatic rings. The van der Waals surface area contributed by atoms with Crippen molar-refractivity contribution in [3.05, 3.63) is 0 Å². The zero-order valence-corrected chi connectivity index (χ0v) is 21.9. The van der Waals surface area contributed by atoms with Crippen LogP contribution in [0.1, 0.15) is 132 Å². The molecule has 174 valence electrons. The minimum Gasteiger partial charge on any atom is -0.0628 e. The van der Waals surface area contributed by atoms with Gasteiger partial charge in [-0.1, -0.05) is 81.1 Å². The quantitative estimate of drug-likeness (QED) is 0.420. The van der Waals surface area contributed by atoms with Gasteiger partial charge in [-0.25, -0.2) is 0 Å². The summed E-state index contributed by atoms with van der Waals surface area (Å²) in [6, 6.07) is 0. The third-order valence-corrected chi connectivity index (χ3v) is 12.4. The molecule has 30 heavy (non-hydrogen) atoms. The number of hydrogen-bond acceptors (Lipinski definition) is 0. The molecule has 0 amide bonds. The Bertz CT molecular complexity index is 616. The van der Waals surface area contributed by atoms with E-state index in [-0.39, 0.29) is 0 Å². The molecule has 0 bridgehead atoms. The van der Waals surface area contributed by atoms with Crippen LogP contribution in [0.3, 0.4) is 0 Å². The predicted octanol–water partition coefficient (Wildman–Crippen LogP) is 9.52. The molecule has 0 spiro atoms. The van der Waals surface area contributed by atoms with E-state index < -0.39 is 0 Å². The summed E-state index contributed by atoms with van der Waals surface area (Å²) in [7, 11) is 0. The van der Waals surface area contributed by atoms with Crippen LogP contribution in [-0.4, -0.2) is 0 Å². The van der Waals surface area contributed by atoms with Crippen molar-refractivity contribution in [3.8, 4) is 0 Å². The molecule has 0 saturated heterocycles. The fraction of sp³-hybridized carbons (Fsp3) is 1.00. The van der Waals surface area contributed by atoms with Gasteiger partial charge in [0.25, 0.3) is 0 Å². The van der Waals surface area contributed by atoms with Crippen molar-refractivity contribution in [2.24, 2.45) is 57.2 Å². The molecule has 4 aliphatic rings. The molecular formula is C30H54. The lowest BCUT2D eigenvalue weighted by atomic mass is 9.38. The lowest BCUT2D eigenvalue weighted by Crippen LogP contribution is -2.59. The molecule has 0 aromatic heterocycles. The van der Waals surface area contributed by atoms with Crippen LogP contribution in [0.5, 0.6) is 0 Å². The average molecular weight is 415 g/mol. The number of rotatable bonds is 5. The van der Waals surface area contributed by atoms with E-state index in [9.17, 15) is 0 Å². The second-order valence-electron chi connectivity index (χ2n) is 14.5. The molecule has 0 radical (unpaired) electrons. The van der Waals surface area contributed by atoms with E-state index in [1.807, 2.05) is 0 Å². The molecule has 4 fully saturated rings. The summed E-state index contributed by atoms with van der Waals surface area (Å²) >= 11 is 0. The van der Waals surface area contributed by atoms with Crippen molar-refractivity contribution in [2.75, 3.05) is 0 Å². The lowest BCUT2D eigenvalue weighted by Gasteiger charge is -2.67. The van der Waals surface area contributed by atoms with Gasteiger partial charge in [-0.2, -0.15) is 0 Å². The molecule has 4 saturated carbocycles. The minimum absolute atomic E-state index is 0.572. The molecule has 0 nitrogen and oxygen atoms in total. The maximum Gasteiger partial charge on any atom is -0.0238 e. The summed E-state index contributed by atoms with van der Waals surface area (Å²) in [4.78, 5) is 0. The van der Waals surface area contributed by atoms with Crippen LogP contribution in [0, 0.1) is 57.2 Å². The molecule has 0 N–H and O–H groups in total. The van der Waals surface area contributed by atoms with Crippen molar-refractivity contribution in [2.45, 2.75) is 132 Å². The van der Waals surface area contributed by atoms with E-state index in [1.54, 1.807) is 0 Å². The van der Waals surface area contributed by atoms with Crippen LogP contribution < -0.4 is 0 Å². The highest BCUT2D eigenvalue weighted by atomic mass is 14.7. The zero-order chi connectivity index (χ0) is 21.9. The predicted molar refractivity (Wildman–Crippen MR) is 131 cm³/mol. The first kappa shape index (κ1) is 23.2. The lowest BCUT2D eigenvalue weighted by molar-refractivity contribution is -0.179. The van der Waals surface area contributed by atoms with Crippen molar-refractivity contribution < 1.29 is 0 Å². The van der Waals surface area contributed by atoms with Gasteiger partial charge in [-0.05, 0) is 109 Å². The summed E-state index contributed by atoms with van der Waals surface area (Å²) in [5, 5.41) is 0. The minimum atomic E-state index is 0.572. The summed E-state index contributed by atoms with van der Waals surface area (Å²) in [6.07, 6.45) is 18.0. The topological polar surface area (TPSA) is 0 Å². The molecule has 0 aromatic carbocycles. The Morgan fingerprint density at radius 2 is 1.40 bits per heavy atom. The van der Waals surface area contributed by atoms with Gasteiger partial charge in [-0.15, -0.1) is 0 Å². The standard InChI is InChI=1S/C30H54/c1-21(2)11-9-12-22(3)23-15-19-30(8)25-13-14-26-27(4,5)17-10-18-28(26,6)24(25)16-20-29(23,30)7/h21-26H,9-20H2,1-8H3/t22-,23-,24+,25-,26?,28-,29-,30+/m1/s1. The van der Waals surface area contributed by atoms with Gasteiger partial charge < -0.3 is 0 Å². The summed E-state index contributed by atoms with van der Waals surface area (Å²) in [5.41, 5.74) is 2.39. The number of fused-ring (bicyclic) bond motifs is 5. The SMILES string of the molecule is CC(C)CCC[C@@H](C)[C@H]1CC[C@@]2(C)[C@@H]3CCC4C(C)(C)CCC[C@]4(C)[C@H]3CC[C@]12C. The maximum absolute atomic E-state index is 2.78. The molecule has 0 aliphatic heterocycles. The Morgan fingerprint density at radius 3 is 2.10 bits per heavy atom. The van der Waals surface area contributed by atoms with Gasteiger partial charge in [-0.3, -0.25) is 0 Å². The average Bonchev–Trinajstić information content (AvgIpc) is 2.92. The fourth-order valence-electron chi connectivity index (χ4n) is 10.6. The Balaban J connectivity index is 1.55. The van der Waals surface area contributed by atoms with E-state index in [2.05, 4.69) is 55.4 Å². The van der Waals surface area contributed by atoms with E-state index in [0.29, 0.717) is 21.7 Å². The second-order valence-corrected chi connectivity index (χ2v) is 14.5. The van der Waals surface area contributed by atoms with Gasteiger partial charge >= 0.3 is 0 Å². The van der Waals surface area contributed by atoms with Gasteiger partial charge in [0.2, 0.25) is 0 Å². The van der Waals surface area contributed by atoms with Gasteiger partial charge in [0, 0.05) is 0 Å². The molecular weight excluding hydrogens is 360 g/mol. The van der Waals surface area contributed by atoms with Crippen LogP contribution >= 0.6 is 0 Å². The van der Waals surface area contributed by atoms with Gasteiger partial charge in [0.1, 0.15) is 0 Å². The maximum atomic E-state index is 2.78. The monoisotopic (exact) mass is 414 g/mol. The Kier molecular flexibility index (Phi) is 6.02. The van der Waals surface area contributed by atoms with E-state index in [4.69, 9.17) is 0 Å². The molecule has 0 heterocycles. The Morgan fingerprint density at radius 1 is 0.700 bits per heavy atom. The van der Waals surface area contributed by atoms with Crippen LogP contribution in [0.4, 0.5) is 0 Å². The van der Waals surface area contributed by atoms with E-state index in [1.165, 1.54) is 77.0 Å². The molecule has 4 aliphatic carbocycles. The first-order valence-corrected chi connectivity index (χ1v) is 14.0. The van der Waals surface area contributed by atoms with Crippen molar-refractivity contribution in [1.82, 2.24) is 0 Å². The number of hydrogen-bond donors (Lipinski definition) is 0. The third-order valence-electron chi connectivity index (χ3n) is 12.4. The second kappa shape index (κ2) is 7.80. The molecule has 8 atom stereocenters. The molecule has 0 heteroatoms. The Labute approximate surface area is 189 Å². The van der Waals surface area contributed by atoms with Crippen molar-refractivity contribution in [3.63, 3.8) is 0 Å². The van der Waals surface area contributed by atoms with Gasteiger partial charge in [0.15, 0.2) is 0 Å². The normalized spacial score (nSPS) is 48.7. The van der Waals surface area contributed by atoms with E-state index in [0.717, 1.165) is 35.5 Å². The molecule has 1 unspecified atom stereocenters. The van der Waals surface area contributed by atoms with Crippen LogP contribution in [0.15, 0.2) is 0 Å². The summed E-state index contributed by atoms with van der Waals surface area (Å²) in [5.74, 6) is 5.74. The summed E-state index contributed by atoms with van der Waals surface area (Å²) in [6.45, 7) is 20.9. The molecule has 4 rings (SSSR count). The third kappa shape index (κ3) is 3.36. The highest BCUT2D eigenvalue weighted by Gasteiger charge is 2.66. The first-order chi connectivity index (χ1) is 14.0. The largest absolute Gasteiger partial charge is 0.0628 e. The van der Waals surface area contributed by atoms with E-state index >= 15 is 0 Å². The highest BCUT2D eigenvalue weighted by Crippen LogP contribution is 2.74. The Hall–Kier alpha value is 0. The first-order valence-electron chi connectivity index (χ1n) is 14.0. The van der Waals surface area contributed by atoms with Crippen LogP contribution in [0.25, 0.3) is 0 Å².